The van der Waals surface area contributed by atoms with E-state index in [2.05, 4.69) is 18.8 Å². The van der Waals surface area contributed by atoms with E-state index in [0.29, 0.717) is 5.75 Å². The maximum Gasteiger partial charge on any atom is 0.125 e. The molecule has 1 atom stereocenters. The molecule has 1 heterocycles. The first-order chi connectivity index (χ1) is 9.04. The van der Waals surface area contributed by atoms with Gasteiger partial charge < -0.3 is 14.4 Å². The van der Waals surface area contributed by atoms with Crippen LogP contribution in [0.3, 0.4) is 0 Å². The summed E-state index contributed by atoms with van der Waals surface area (Å²) in [6, 6.07) is 6.04. The smallest absolute Gasteiger partial charge is 0.125 e. The van der Waals surface area contributed by atoms with Crippen LogP contribution < -0.4 is 4.74 Å². The Kier molecular flexibility index (Phi) is 3.90. The number of nitrogens with zero attached hydrogens (tertiary/aromatic N) is 2. The minimum absolute atomic E-state index is 0.253. The highest BCUT2D eigenvalue weighted by molar-refractivity contribution is 5.41. The molecule has 2 aromatic rings. The summed E-state index contributed by atoms with van der Waals surface area (Å²) in [4.78, 5) is 4.13. The van der Waals surface area contributed by atoms with Gasteiger partial charge in [0, 0.05) is 11.6 Å². The summed E-state index contributed by atoms with van der Waals surface area (Å²) in [5.74, 6) is 0.689. The van der Waals surface area contributed by atoms with Gasteiger partial charge in [-0.1, -0.05) is 11.6 Å². The van der Waals surface area contributed by atoms with Gasteiger partial charge in [-0.05, 0) is 32.9 Å². The van der Waals surface area contributed by atoms with Gasteiger partial charge in [0.25, 0.3) is 0 Å². The number of aromatic nitrogens is 2. The van der Waals surface area contributed by atoms with Crippen molar-refractivity contribution >= 4 is 0 Å². The SMILES string of the molecule is COc1ccc(C)cc1C(O)c1cncn1C(C)C. The van der Waals surface area contributed by atoms with Gasteiger partial charge in [-0.2, -0.15) is 0 Å². The highest BCUT2D eigenvalue weighted by Crippen LogP contribution is 2.31. The van der Waals surface area contributed by atoms with E-state index in [1.54, 1.807) is 19.6 Å². The first-order valence-corrected chi connectivity index (χ1v) is 6.39. The molecule has 1 unspecified atom stereocenters. The van der Waals surface area contributed by atoms with Gasteiger partial charge in [0.05, 0.1) is 25.3 Å². The van der Waals surface area contributed by atoms with E-state index in [1.807, 2.05) is 29.7 Å². The van der Waals surface area contributed by atoms with Gasteiger partial charge >= 0.3 is 0 Å². The van der Waals surface area contributed by atoms with Crippen molar-refractivity contribution in [2.75, 3.05) is 7.11 Å². The molecule has 0 aliphatic heterocycles. The lowest BCUT2D eigenvalue weighted by Crippen LogP contribution is -2.11. The second-order valence-corrected chi connectivity index (χ2v) is 4.97. The molecule has 1 aromatic carbocycles. The quantitative estimate of drug-likeness (QED) is 0.919. The molecular weight excluding hydrogens is 240 g/mol. The highest BCUT2D eigenvalue weighted by Gasteiger charge is 2.20. The van der Waals surface area contributed by atoms with Crippen molar-refractivity contribution in [2.45, 2.75) is 32.9 Å². The van der Waals surface area contributed by atoms with Gasteiger partial charge in [0.2, 0.25) is 0 Å². The van der Waals surface area contributed by atoms with E-state index in [4.69, 9.17) is 4.74 Å². The van der Waals surface area contributed by atoms with E-state index in [1.165, 1.54) is 0 Å². The normalized spacial score (nSPS) is 12.7. The predicted octanol–water partition coefficient (Wildman–Crippen LogP) is 2.86. The second-order valence-electron chi connectivity index (χ2n) is 4.97. The van der Waals surface area contributed by atoms with Crippen molar-refractivity contribution in [3.05, 3.63) is 47.5 Å². The van der Waals surface area contributed by atoms with Crippen molar-refractivity contribution in [3.63, 3.8) is 0 Å². The van der Waals surface area contributed by atoms with Gasteiger partial charge in [-0.3, -0.25) is 0 Å². The van der Waals surface area contributed by atoms with Crippen molar-refractivity contribution in [1.29, 1.82) is 0 Å². The highest BCUT2D eigenvalue weighted by atomic mass is 16.5. The number of aliphatic hydroxyl groups is 1. The third-order valence-corrected chi connectivity index (χ3v) is 3.21. The largest absolute Gasteiger partial charge is 0.496 e. The number of rotatable bonds is 4. The fourth-order valence-corrected chi connectivity index (χ4v) is 2.18. The Bertz CT molecular complexity index is 561. The summed E-state index contributed by atoms with van der Waals surface area (Å²) in [6.45, 7) is 6.12. The molecule has 2 rings (SSSR count). The molecule has 1 aromatic heterocycles. The minimum atomic E-state index is -0.736. The third-order valence-electron chi connectivity index (χ3n) is 3.21. The topological polar surface area (TPSA) is 47.3 Å². The molecule has 1 N–H and O–H groups in total. The summed E-state index contributed by atoms with van der Waals surface area (Å²) >= 11 is 0. The molecule has 0 saturated heterocycles. The van der Waals surface area contributed by atoms with Crippen LogP contribution in [0.25, 0.3) is 0 Å². The maximum atomic E-state index is 10.6. The Hall–Kier alpha value is -1.81. The second kappa shape index (κ2) is 5.45. The Morgan fingerprint density at radius 3 is 2.68 bits per heavy atom. The number of hydrogen-bond donors (Lipinski definition) is 1. The van der Waals surface area contributed by atoms with Gasteiger partial charge in [-0.25, -0.2) is 4.98 Å². The summed E-state index contributed by atoms with van der Waals surface area (Å²) in [5, 5.41) is 10.6. The number of aliphatic hydroxyl groups excluding tert-OH is 1. The number of methoxy groups -OCH3 is 1. The molecule has 0 radical (unpaired) electrons. The molecule has 102 valence electrons. The lowest BCUT2D eigenvalue weighted by Gasteiger charge is -2.19. The standard InChI is InChI=1S/C15H20N2O2/c1-10(2)17-9-16-8-13(17)15(18)12-7-11(3)5-6-14(12)19-4/h5-10,15,18H,1-4H3. The summed E-state index contributed by atoms with van der Waals surface area (Å²) in [6.07, 6.45) is 2.71. The van der Waals surface area contributed by atoms with E-state index in [9.17, 15) is 5.11 Å². The average Bonchev–Trinajstić information content (AvgIpc) is 2.87. The third kappa shape index (κ3) is 2.63. The predicted molar refractivity (Wildman–Crippen MR) is 74.4 cm³/mol. The first-order valence-electron chi connectivity index (χ1n) is 6.39. The summed E-state index contributed by atoms with van der Waals surface area (Å²) < 4.78 is 7.29. The summed E-state index contributed by atoms with van der Waals surface area (Å²) in [7, 11) is 1.61. The lowest BCUT2D eigenvalue weighted by atomic mass is 10.0. The van der Waals surface area contributed by atoms with E-state index in [-0.39, 0.29) is 6.04 Å². The molecule has 0 bridgehead atoms. The maximum absolute atomic E-state index is 10.6. The fourth-order valence-electron chi connectivity index (χ4n) is 2.18. The fraction of sp³-hybridized carbons (Fsp3) is 0.400. The van der Waals surface area contributed by atoms with Crippen LogP contribution in [-0.2, 0) is 0 Å². The molecule has 0 fully saturated rings. The molecule has 0 amide bonds. The molecular formula is C15H20N2O2. The van der Waals surface area contributed by atoms with E-state index >= 15 is 0 Å². The van der Waals surface area contributed by atoms with Crippen LogP contribution in [0.4, 0.5) is 0 Å². The Morgan fingerprint density at radius 1 is 1.32 bits per heavy atom. The van der Waals surface area contributed by atoms with Crippen LogP contribution in [0.1, 0.15) is 42.8 Å². The molecule has 0 aliphatic rings. The van der Waals surface area contributed by atoms with Gasteiger partial charge in [0.15, 0.2) is 0 Å². The van der Waals surface area contributed by atoms with Crippen molar-refractivity contribution < 1.29 is 9.84 Å². The molecule has 0 spiro atoms. The average molecular weight is 260 g/mol. The van der Waals surface area contributed by atoms with Crippen LogP contribution >= 0.6 is 0 Å². The number of imidazole rings is 1. The monoisotopic (exact) mass is 260 g/mol. The molecule has 4 nitrogen and oxygen atoms in total. The van der Waals surface area contributed by atoms with Crippen molar-refractivity contribution in [2.24, 2.45) is 0 Å². The molecule has 0 saturated carbocycles. The van der Waals surface area contributed by atoms with Gasteiger partial charge in [0.1, 0.15) is 11.9 Å². The zero-order chi connectivity index (χ0) is 14.0. The number of aryl methyl sites for hydroxylation is 1. The van der Waals surface area contributed by atoms with Crippen LogP contribution in [-0.4, -0.2) is 21.8 Å². The number of hydrogen-bond acceptors (Lipinski definition) is 3. The van der Waals surface area contributed by atoms with Crippen molar-refractivity contribution in [1.82, 2.24) is 9.55 Å². The molecule has 0 aliphatic carbocycles. The molecule has 19 heavy (non-hydrogen) atoms. The number of ether oxygens (including phenoxy) is 1. The van der Waals surface area contributed by atoms with E-state index in [0.717, 1.165) is 16.8 Å². The van der Waals surface area contributed by atoms with Crippen LogP contribution in [0.15, 0.2) is 30.7 Å². The summed E-state index contributed by atoms with van der Waals surface area (Å²) in [5.41, 5.74) is 2.63. The zero-order valence-electron chi connectivity index (χ0n) is 11.8. The first kappa shape index (κ1) is 13.6. The van der Waals surface area contributed by atoms with Crippen LogP contribution in [0.2, 0.25) is 0 Å². The van der Waals surface area contributed by atoms with Crippen LogP contribution in [0, 0.1) is 6.92 Å². The molecule has 4 heteroatoms. The Morgan fingerprint density at radius 2 is 2.05 bits per heavy atom. The van der Waals surface area contributed by atoms with Crippen LogP contribution in [0.5, 0.6) is 5.75 Å². The van der Waals surface area contributed by atoms with Crippen molar-refractivity contribution in [3.8, 4) is 5.75 Å². The van der Waals surface area contributed by atoms with E-state index < -0.39 is 6.10 Å². The lowest BCUT2D eigenvalue weighted by molar-refractivity contribution is 0.202. The number of benzene rings is 1. The zero-order valence-corrected chi connectivity index (χ0v) is 11.8. The Labute approximate surface area is 113 Å². The Balaban J connectivity index is 2.46. The van der Waals surface area contributed by atoms with Gasteiger partial charge in [-0.15, -0.1) is 0 Å². The minimum Gasteiger partial charge on any atom is -0.496 e.